The van der Waals surface area contributed by atoms with Crippen molar-refractivity contribution < 1.29 is 52.9 Å². The number of phosphoric ester groups is 1. The van der Waals surface area contributed by atoms with E-state index < -0.39 is 51.8 Å². The van der Waals surface area contributed by atoms with Crippen molar-refractivity contribution in [3.63, 3.8) is 0 Å². The molecule has 0 aliphatic carbocycles. The number of rotatable bonds is 28. The van der Waals surface area contributed by atoms with E-state index >= 15 is 0 Å². The average Bonchev–Trinajstić information content (AvgIpc) is 2.91. The van der Waals surface area contributed by atoms with Gasteiger partial charge in [-0.05, 0) is 19.3 Å². The van der Waals surface area contributed by atoms with E-state index in [-0.39, 0.29) is 26.1 Å². The first kappa shape index (κ1) is 37.9. The number of aliphatic hydroxyl groups excluding tert-OH is 3. The Balaban J connectivity index is 4.22. The minimum atomic E-state index is -4.86. The zero-order chi connectivity index (χ0) is 29.2. The zero-order valence-electron chi connectivity index (χ0n) is 23.8. The van der Waals surface area contributed by atoms with Crippen LogP contribution in [0.1, 0.15) is 116 Å². The van der Waals surface area contributed by atoms with Crippen molar-refractivity contribution in [2.75, 3.05) is 33.0 Å². The summed E-state index contributed by atoms with van der Waals surface area (Å²) < 4.78 is 31.4. The molecule has 0 bridgehead atoms. The van der Waals surface area contributed by atoms with E-state index in [2.05, 4.69) is 11.4 Å². The lowest BCUT2D eigenvalue weighted by molar-refractivity contribution is -0.230. The molecule has 11 nitrogen and oxygen atoms in total. The lowest BCUT2D eigenvalue weighted by Gasteiger charge is -2.26. The Labute approximate surface area is 234 Å². The third-order valence-electron chi connectivity index (χ3n) is 6.06. The van der Waals surface area contributed by atoms with Crippen LogP contribution >= 0.6 is 7.82 Å². The molecule has 0 saturated heterocycles. The molecule has 0 aromatic rings. The van der Waals surface area contributed by atoms with Crippen LogP contribution in [0.25, 0.3) is 0 Å². The monoisotopic (exact) mass is 583 g/mol. The fraction of sp³-hybridized carbons (Fsp3) is 0.926. The van der Waals surface area contributed by atoms with Crippen LogP contribution in [0.3, 0.4) is 0 Å². The molecule has 12 heteroatoms. The van der Waals surface area contributed by atoms with E-state index in [1.54, 1.807) is 0 Å². The molecule has 0 aromatic heterocycles. The van der Waals surface area contributed by atoms with Gasteiger partial charge in [0.25, 0.3) is 7.82 Å². The van der Waals surface area contributed by atoms with E-state index in [1.165, 1.54) is 57.8 Å². The first-order chi connectivity index (χ1) is 18.7. The molecule has 0 heterocycles. The summed E-state index contributed by atoms with van der Waals surface area (Å²) in [7, 11) is -4.86. The van der Waals surface area contributed by atoms with Gasteiger partial charge in [0, 0.05) is 19.4 Å². The van der Waals surface area contributed by atoms with Crippen molar-refractivity contribution in [1.29, 1.82) is 0 Å². The van der Waals surface area contributed by atoms with Crippen LogP contribution in [0.2, 0.25) is 0 Å². The predicted molar refractivity (Wildman–Crippen MR) is 145 cm³/mol. The summed E-state index contributed by atoms with van der Waals surface area (Å²) in [6, 6.07) is 0. The lowest BCUT2D eigenvalue weighted by Crippen LogP contribution is -2.30. The van der Waals surface area contributed by atoms with Gasteiger partial charge in [0.15, 0.2) is 6.10 Å². The van der Waals surface area contributed by atoms with Gasteiger partial charge >= 0.3 is 11.9 Å². The molecule has 3 N–H and O–H groups in total. The second-order valence-electron chi connectivity index (χ2n) is 9.84. The number of hydrogen-bond donors (Lipinski definition) is 3. The topological polar surface area (TPSA) is 172 Å². The Hall–Kier alpha value is -1.07. The molecule has 0 spiro atoms. The normalized spacial score (nSPS) is 14.5. The van der Waals surface area contributed by atoms with Crippen LogP contribution in [0.5, 0.6) is 0 Å². The molecule has 0 amide bonds. The molecule has 0 aliphatic rings. The number of carbonyl (C=O) groups is 2. The summed E-state index contributed by atoms with van der Waals surface area (Å²) in [5.41, 5.74) is 0. The Kier molecular flexibility index (Phi) is 25.2. The fourth-order valence-electron chi connectivity index (χ4n) is 3.73. The van der Waals surface area contributed by atoms with Crippen LogP contribution in [0.15, 0.2) is 0 Å². The molecule has 0 aliphatic heterocycles. The van der Waals surface area contributed by atoms with Gasteiger partial charge in [-0.15, -0.1) is 0 Å². The van der Waals surface area contributed by atoms with Gasteiger partial charge in [0.2, 0.25) is 0 Å². The predicted octanol–water partition coefficient (Wildman–Crippen LogP) is 3.94. The summed E-state index contributed by atoms with van der Waals surface area (Å²) in [6.07, 6.45) is 13.9. The zero-order valence-corrected chi connectivity index (χ0v) is 24.7. The van der Waals surface area contributed by atoms with Crippen molar-refractivity contribution in [3.8, 4) is 0 Å². The number of aliphatic hydroxyl groups is 3. The molecule has 0 saturated carbocycles. The van der Waals surface area contributed by atoms with Gasteiger partial charge in [0.1, 0.15) is 12.7 Å². The Morgan fingerprint density at radius 1 is 0.718 bits per heavy atom. The lowest BCUT2D eigenvalue weighted by atomic mass is 10.0. The Morgan fingerprint density at radius 2 is 1.21 bits per heavy atom. The first-order valence-corrected chi connectivity index (χ1v) is 16.0. The van der Waals surface area contributed by atoms with E-state index in [9.17, 15) is 24.2 Å². The summed E-state index contributed by atoms with van der Waals surface area (Å²) in [5.74, 6) is -1.13. The minimum absolute atomic E-state index is 0.00179. The highest BCUT2D eigenvalue weighted by atomic mass is 31.2. The smallest absolute Gasteiger partial charge is 0.306 e. The highest BCUT2D eigenvalue weighted by molar-refractivity contribution is 7.45. The summed E-state index contributed by atoms with van der Waals surface area (Å²) in [4.78, 5) is 36.0. The second-order valence-corrected chi connectivity index (χ2v) is 11.3. The minimum Gasteiger partial charge on any atom is -0.756 e. The van der Waals surface area contributed by atoms with Gasteiger partial charge in [-0.3, -0.25) is 14.2 Å². The van der Waals surface area contributed by atoms with Gasteiger partial charge in [0.05, 0.1) is 19.8 Å². The number of hydrogen-bond acceptors (Lipinski definition) is 11. The number of ether oxygens (including phenoxy) is 2. The van der Waals surface area contributed by atoms with Crippen molar-refractivity contribution in [3.05, 3.63) is 0 Å². The highest BCUT2D eigenvalue weighted by Crippen LogP contribution is 2.38. The third kappa shape index (κ3) is 25.6. The SMILES string of the molecule is CCCCCCCCCCCCCCCC(=O)OC[C@H](COP(=O)([O-])OC[C@@H](O)CO)OC(=O)CCCCO. The number of unbranched alkanes of at least 4 members (excludes halogenated alkanes) is 13. The Bertz CT molecular complexity index is 647. The summed E-state index contributed by atoms with van der Waals surface area (Å²) in [5, 5.41) is 26.8. The molecule has 0 aromatic carbocycles. The second kappa shape index (κ2) is 25.9. The molecule has 3 atom stereocenters. The number of carbonyl (C=O) groups excluding carboxylic acids is 2. The van der Waals surface area contributed by atoms with Crippen molar-refractivity contribution >= 4 is 19.8 Å². The van der Waals surface area contributed by atoms with Gasteiger partial charge in [-0.25, -0.2) is 0 Å². The van der Waals surface area contributed by atoms with E-state index in [4.69, 9.17) is 24.2 Å². The molecular weight excluding hydrogens is 531 g/mol. The van der Waals surface area contributed by atoms with E-state index in [0.717, 1.165) is 19.3 Å². The molecular formula is C27H52O11P-. The first-order valence-electron chi connectivity index (χ1n) is 14.6. The van der Waals surface area contributed by atoms with Crippen LogP contribution in [-0.2, 0) is 32.7 Å². The Morgan fingerprint density at radius 3 is 1.74 bits per heavy atom. The number of esters is 2. The molecule has 0 radical (unpaired) electrons. The summed E-state index contributed by atoms with van der Waals surface area (Å²) >= 11 is 0. The average molecular weight is 584 g/mol. The van der Waals surface area contributed by atoms with Crippen molar-refractivity contribution in [1.82, 2.24) is 0 Å². The van der Waals surface area contributed by atoms with Crippen molar-refractivity contribution in [2.45, 2.75) is 128 Å². The standard InChI is InChI=1S/C27H53O11P/c1-2-3-4-5-6-7-8-9-10-11-12-13-14-17-26(31)35-22-25(38-27(32)18-15-16-19-28)23-37-39(33,34)36-21-24(30)20-29/h24-25,28-30H,2-23H2,1H3,(H,33,34)/p-1/t24-,25+/m0/s1. The molecule has 232 valence electrons. The highest BCUT2D eigenvalue weighted by Gasteiger charge is 2.21. The van der Waals surface area contributed by atoms with Gasteiger partial charge in [-0.2, -0.15) is 0 Å². The van der Waals surface area contributed by atoms with Gasteiger partial charge in [-0.1, -0.05) is 84.0 Å². The third-order valence-corrected chi connectivity index (χ3v) is 6.99. The van der Waals surface area contributed by atoms with Crippen LogP contribution in [0.4, 0.5) is 0 Å². The molecule has 0 rings (SSSR count). The largest absolute Gasteiger partial charge is 0.756 e. The van der Waals surface area contributed by atoms with Gasteiger partial charge < -0.3 is 38.7 Å². The summed E-state index contributed by atoms with van der Waals surface area (Å²) in [6.45, 7) is -0.270. The maximum Gasteiger partial charge on any atom is 0.306 e. The van der Waals surface area contributed by atoms with Crippen LogP contribution in [0, 0.1) is 0 Å². The van der Waals surface area contributed by atoms with E-state index in [1.807, 2.05) is 0 Å². The van der Waals surface area contributed by atoms with Crippen LogP contribution < -0.4 is 4.89 Å². The maximum atomic E-state index is 12.1. The van der Waals surface area contributed by atoms with E-state index in [0.29, 0.717) is 19.3 Å². The molecule has 1 unspecified atom stereocenters. The van der Waals surface area contributed by atoms with Crippen LogP contribution in [-0.4, -0.2) is 72.5 Å². The fourth-order valence-corrected chi connectivity index (χ4v) is 4.51. The molecule has 0 fully saturated rings. The van der Waals surface area contributed by atoms with Crippen molar-refractivity contribution in [2.24, 2.45) is 0 Å². The maximum absolute atomic E-state index is 12.1. The number of phosphoric acid groups is 1. The molecule has 39 heavy (non-hydrogen) atoms. The quantitative estimate of drug-likeness (QED) is 0.0692.